The predicted molar refractivity (Wildman–Crippen MR) is 149 cm³/mol. The van der Waals surface area contributed by atoms with Crippen LogP contribution in [0, 0.1) is 22.7 Å². The summed E-state index contributed by atoms with van der Waals surface area (Å²) in [7, 11) is 0. The molecule has 4 aromatic rings. The summed E-state index contributed by atoms with van der Waals surface area (Å²) in [5.41, 5.74) is 4.42. The van der Waals surface area contributed by atoms with Crippen molar-refractivity contribution in [3.63, 3.8) is 0 Å². The fourth-order valence-corrected chi connectivity index (χ4v) is 7.61. The molecule has 0 aliphatic heterocycles. The Morgan fingerprint density at radius 1 is 1.28 bits per heavy atom. The molecule has 184 valence electrons. The van der Waals surface area contributed by atoms with Gasteiger partial charge < -0.3 is 5.32 Å². The number of carbonyl (C=O) groups excluding carboxylic acids is 1. The second kappa shape index (κ2) is 10.1. The van der Waals surface area contributed by atoms with E-state index in [-0.39, 0.29) is 17.1 Å². The Balaban J connectivity index is 1.30. The van der Waals surface area contributed by atoms with Crippen LogP contribution < -0.4 is 5.32 Å². The lowest BCUT2D eigenvalue weighted by atomic mass is 9.72. The molecule has 0 spiro atoms. The summed E-state index contributed by atoms with van der Waals surface area (Å²) < 4.78 is 5.43. The van der Waals surface area contributed by atoms with Crippen LogP contribution in [-0.2, 0) is 17.6 Å². The third kappa shape index (κ3) is 5.00. The highest BCUT2D eigenvalue weighted by Gasteiger charge is 2.32. The quantitative estimate of drug-likeness (QED) is 0.207. The number of rotatable bonds is 5. The lowest BCUT2D eigenvalue weighted by molar-refractivity contribution is -0.113. The average molecular weight is 554 g/mol. The molecule has 10 heteroatoms. The van der Waals surface area contributed by atoms with Gasteiger partial charge in [0.1, 0.15) is 38.3 Å². The molecule has 1 N–H and O–H groups in total. The van der Waals surface area contributed by atoms with Gasteiger partial charge in [-0.05, 0) is 59.8 Å². The number of halogens is 1. The van der Waals surface area contributed by atoms with Crippen LogP contribution in [0.5, 0.6) is 0 Å². The highest BCUT2D eigenvalue weighted by molar-refractivity contribution is 8.00. The molecule has 3 heterocycles. The third-order valence-corrected chi connectivity index (χ3v) is 9.92. The Hall–Kier alpha value is -2.51. The van der Waals surface area contributed by atoms with Crippen molar-refractivity contribution in [2.75, 3.05) is 11.1 Å². The van der Waals surface area contributed by atoms with Gasteiger partial charge in [0.2, 0.25) is 5.91 Å². The first-order valence-electron chi connectivity index (χ1n) is 11.6. The minimum absolute atomic E-state index is 0.156. The zero-order valence-electron chi connectivity index (χ0n) is 20.1. The first-order valence-corrected chi connectivity index (χ1v) is 14.5. The summed E-state index contributed by atoms with van der Waals surface area (Å²) in [4.78, 5) is 22.9. The van der Waals surface area contributed by atoms with E-state index in [4.69, 9.17) is 11.6 Å². The number of benzene rings is 1. The number of fused-ring (bicyclic) bond motifs is 2. The summed E-state index contributed by atoms with van der Waals surface area (Å²) in [6.07, 6.45) is 4.43. The van der Waals surface area contributed by atoms with Crippen molar-refractivity contribution in [1.82, 2.24) is 14.3 Å². The van der Waals surface area contributed by atoms with E-state index in [0.29, 0.717) is 26.5 Å². The summed E-state index contributed by atoms with van der Waals surface area (Å²) in [5.74, 6) is 0.599. The number of carbonyl (C=O) groups is 1. The molecule has 1 aromatic carbocycles. The number of amides is 1. The first kappa shape index (κ1) is 25.2. The average Bonchev–Trinajstić information content (AvgIpc) is 3.43. The molecule has 1 amide bonds. The van der Waals surface area contributed by atoms with Gasteiger partial charge in [-0.2, -0.15) is 9.64 Å². The topological polar surface area (TPSA) is 91.6 Å². The van der Waals surface area contributed by atoms with E-state index < -0.39 is 0 Å². The van der Waals surface area contributed by atoms with Crippen LogP contribution in [0.2, 0.25) is 5.02 Å². The van der Waals surface area contributed by atoms with E-state index >= 15 is 0 Å². The molecule has 0 radical (unpaired) electrons. The largest absolute Gasteiger partial charge is 0.316 e. The Bertz CT molecular complexity index is 1480. The summed E-state index contributed by atoms with van der Waals surface area (Å²) in [6.45, 7) is 6.81. The summed E-state index contributed by atoms with van der Waals surface area (Å²) in [6, 6.07) is 9.81. The van der Waals surface area contributed by atoms with Gasteiger partial charge in [0.05, 0.1) is 11.3 Å². The van der Waals surface area contributed by atoms with Gasteiger partial charge in [-0.1, -0.05) is 56.3 Å². The minimum atomic E-state index is -0.156. The number of hydrogen-bond donors (Lipinski definition) is 1. The molecule has 1 aliphatic rings. The minimum Gasteiger partial charge on any atom is -0.316 e. The number of thioether (sulfide) groups is 1. The molecule has 1 unspecified atom stereocenters. The second-order valence-electron chi connectivity index (χ2n) is 9.86. The molecule has 5 rings (SSSR count). The fraction of sp³-hybridized carbons (Fsp3) is 0.346. The SMILES string of the molecule is CC(C)(C)C1CCc2c(sc(NC(=O)CSc3ncnc4c(-c5ccc(Cl)cc5)nsc34)c2C#N)C1. The van der Waals surface area contributed by atoms with Crippen molar-refractivity contribution in [3.8, 4) is 17.3 Å². The molecule has 0 saturated heterocycles. The van der Waals surface area contributed by atoms with Gasteiger partial charge in [0, 0.05) is 15.5 Å². The second-order valence-corrected chi connectivity index (χ2v) is 13.1. The summed E-state index contributed by atoms with van der Waals surface area (Å²) in [5, 5.41) is 14.8. The number of aromatic nitrogens is 3. The smallest absolute Gasteiger partial charge is 0.235 e. The lowest BCUT2D eigenvalue weighted by Crippen LogP contribution is -2.26. The van der Waals surface area contributed by atoms with E-state index in [2.05, 4.69) is 46.5 Å². The number of anilines is 1. The number of nitrogens with one attached hydrogen (secondary N) is 1. The van der Waals surface area contributed by atoms with Crippen molar-refractivity contribution >= 4 is 67.4 Å². The first-order chi connectivity index (χ1) is 17.2. The van der Waals surface area contributed by atoms with Crippen LogP contribution in [0.25, 0.3) is 21.5 Å². The van der Waals surface area contributed by atoms with E-state index in [1.165, 1.54) is 34.5 Å². The molecular formula is C26H24ClN5OS3. The highest BCUT2D eigenvalue weighted by Crippen LogP contribution is 2.44. The molecule has 0 fully saturated rings. The van der Waals surface area contributed by atoms with Crippen molar-refractivity contribution in [2.24, 2.45) is 11.3 Å². The van der Waals surface area contributed by atoms with Gasteiger partial charge in [-0.15, -0.1) is 11.3 Å². The number of nitriles is 1. The van der Waals surface area contributed by atoms with Crippen molar-refractivity contribution in [3.05, 3.63) is 51.6 Å². The summed E-state index contributed by atoms with van der Waals surface area (Å²) >= 11 is 10.2. The van der Waals surface area contributed by atoms with Crippen LogP contribution >= 0.6 is 46.2 Å². The normalized spacial score (nSPS) is 15.5. The Labute approximate surface area is 227 Å². The standard InChI is InChI=1S/C26H24ClN5OS3/c1-26(2,3)15-6-9-17-18(11-28)24(35-19(17)10-15)31-20(33)12-34-25-23-22(29-13-30-25)21(32-36-23)14-4-7-16(27)8-5-14/h4-5,7-8,13,15H,6,9-10,12H2,1-3H3,(H,31,33). The molecule has 0 saturated carbocycles. The van der Waals surface area contributed by atoms with E-state index in [9.17, 15) is 10.1 Å². The molecule has 0 bridgehead atoms. The Kier molecular flexibility index (Phi) is 7.05. The maximum absolute atomic E-state index is 12.9. The van der Waals surface area contributed by atoms with Gasteiger partial charge in [-0.3, -0.25) is 4.79 Å². The van der Waals surface area contributed by atoms with Gasteiger partial charge in [0.15, 0.2) is 0 Å². The molecule has 6 nitrogen and oxygen atoms in total. The van der Waals surface area contributed by atoms with Crippen LogP contribution in [0.4, 0.5) is 5.00 Å². The predicted octanol–water partition coefficient (Wildman–Crippen LogP) is 7.22. The van der Waals surface area contributed by atoms with Crippen LogP contribution in [-0.4, -0.2) is 26.0 Å². The van der Waals surface area contributed by atoms with Gasteiger partial charge in [-0.25, -0.2) is 9.97 Å². The number of hydrogen-bond acceptors (Lipinski definition) is 8. The Morgan fingerprint density at radius 3 is 2.78 bits per heavy atom. The van der Waals surface area contributed by atoms with E-state index in [1.54, 1.807) is 11.3 Å². The van der Waals surface area contributed by atoms with Crippen molar-refractivity contribution in [2.45, 2.75) is 45.1 Å². The van der Waals surface area contributed by atoms with Crippen LogP contribution in [0.15, 0.2) is 35.6 Å². The van der Waals surface area contributed by atoms with Crippen LogP contribution in [0.1, 0.15) is 43.2 Å². The molecular weight excluding hydrogens is 530 g/mol. The van der Waals surface area contributed by atoms with Crippen molar-refractivity contribution < 1.29 is 4.79 Å². The lowest BCUT2D eigenvalue weighted by Gasteiger charge is -2.33. The molecule has 36 heavy (non-hydrogen) atoms. The zero-order valence-corrected chi connectivity index (χ0v) is 23.3. The Morgan fingerprint density at radius 2 is 2.06 bits per heavy atom. The zero-order chi connectivity index (χ0) is 25.4. The molecule has 1 aliphatic carbocycles. The third-order valence-electron chi connectivity index (χ3n) is 6.54. The maximum Gasteiger partial charge on any atom is 0.235 e. The van der Waals surface area contributed by atoms with Gasteiger partial charge in [0.25, 0.3) is 0 Å². The van der Waals surface area contributed by atoms with E-state index in [0.717, 1.165) is 46.3 Å². The fourth-order valence-electron chi connectivity index (χ4n) is 4.47. The monoisotopic (exact) mass is 553 g/mol. The maximum atomic E-state index is 12.9. The number of nitrogens with zero attached hydrogens (tertiary/aromatic N) is 4. The number of thiophene rings is 1. The van der Waals surface area contributed by atoms with Crippen molar-refractivity contribution in [1.29, 1.82) is 5.26 Å². The highest BCUT2D eigenvalue weighted by atomic mass is 35.5. The molecule has 3 aromatic heterocycles. The van der Waals surface area contributed by atoms with Gasteiger partial charge >= 0.3 is 0 Å². The molecule has 1 atom stereocenters. The van der Waals surface area contributed by atoms with Crippen LogP contribution in [0.3, 0.4) is 0 Å². The van der Waals surface area contributed by atoms with E-state index in [1.807, 2.05) is 24.3 Å².